The van der Waals surface area contributed by atoms with E-state index in [4.69, 9.17) is 19.2 Å². The Labute approximate surface area is 199 Å². The minimum absolute atomic E-state index is 0. The smallest absolute Gasteiger partial charge is 0.191 e. The molecule has 1 aliphatic rings. The van der Waals surface area contributed by atoms with Crippen molar-refractivity contribution in [3.8, 4) is 17.2 Å². The van der Waals surface area contributed by atoms with Crippen molar-refractivity contribution in [2.24, 2.45) is 4.99 Å². The largest absolute Gasteiger partial charge is 0.496 e. The number of guanidine groups is 1. The molecular weight excluding hydrogens is 495 g/mol. The molecule has 7 nitrogen and oxygen atoms in total. The van der Waals surface area contributed by atoms with Crippen molar-refractivity contribution in [1.82, 2.24) is 15.5 Å². The van der Waals surface area contributed by atoms with Gasteiger partial charge in [-0.05, 0) is 38.8 Å². The number of ether oxygens (including phenoxy) is 3. The number of hydrogen-bond donors (Lipinski definition) is 2. The van der Waals surface area contributed by atoms with Crippen molar-refractivity contribution < 1.29 is 14.2 Å². The van der Waals surface area contributed by atoms with E-state index < -0.39 is 0 Å². The number of benzene rings is 1. The summed E-state index contributed by atoms with van der Waals surface area (Å²) in [6.45, 7) is 8.80. The summed E-state index contributed by atoms with van der Waals surface area (Å²) in [7, 11) is 4.90. The standard InChI is InChI=1S/C22H38N4O3.HI/c1-6-18-10-8-9-12-26(18)13-11-24-22(23-7-2)25-16-17-14-20(28-4)21(29-5)15-19(17)27-3;/h14-15,18H,6-13,16H2,1-5H3,(H2,23,24,25);1H. The van der Waals surface area contributed by atoms with Crippen LogP contribution in [-0.4, -0.2) is 64.4 Å². The minimum atomic E-state index is 0. The predicted molar refractivity (Wildman–Crippen MR) is 134 cm³/mol. The third-order valence-corrected chi connectivity index (χ3v) is 5.45. The highest BCUT2D eigenvalue weighted by Gasteiger charge is 2.20. The molecule has 30 heavy (non-hydrogen) atoms. The van der Waals surface area contributed by atoms with Crippen LogP contribution in [0.25, 0.3) is 0 Å². The van der Waals surface area contributed by atoms with Crippen LogP contribution < -0.4 is 24.8 Å². The van der Waals surface area contributed by atoms with E-state index in [1.165, 1.54) is 32.2 Å². The minimum Gasteiger partial charge on any atom is -0.496 e. The van der Waals surface area contributed by atoms with Crippen LogP contribution in [0.1, 0.15) is 45.1 Å². The Morgan fingerprint density at radius 2 is 1.73 bits per heavy atom. The normalized spacial score (nSPS) is 17.1. The van der Waals surface area contributed by atoms with Gasteiger partial charge in [-0.25, -0.2) is 4.99 Å². The predicted octanol–water partition coefficient (Wildman–Crippen LogP) is 3.65. The zero-order chi connectivity index (χ0) is 21.1. The van der Waals surface area contributed by atoms with Crippen molar-refractivity contribution in [2.75, 3.05) is 47.5 Å². The number of nitrogens with zero attached hydrogens (tertiary/aromatic N) is 2. The maximum atomic E-state index is 5.51. The summed E-state index contributed by atoms with van der Waals surface area (Å²) in [4.78, 5) is 7.35. The number of methoxy groups -OCH3 is 3. The Bertz CT molecular complexity index is 658. The molecule has 1 aromatic rings. The molecule has 0 aromatic heterocycles. The van der Waals surface area contributed by atoms with Crippen molar-refractivity contribution in [3.05, 3.63) is 17.7 Å². The highest BCUT2D eigenvalue weighted by atomic mass is 127. The Morgan fingerprint density at radius 1 is 1.03 bits per heavy atom. The monoisotopic (exact) mass is 534 g/mol. The van der Waals surface area contributed by atoms with Crippen LogP contribution in [0.15, 0.2) is 17.1 Å². The first-order valence-corrected chi connectivity index (χ1v) is 10.7. The van der Waals surface area contributed by atoms with E-state index in [0.717, 1.165) is 42.9 Å². The first-order valence-electron chi connectivity index (χ1n) is 10.7. The lowest BCUT2D eigenvalue weighted by atomic mass is 10.0. The molecule has 1 unspecified atom stereocenters. The molecule has 1 aliphatic heterocycles. The van der Waals surface area contributed by atoms with Crippen LogP contribution >= 0.6 is 24.0 Å². The molecule has 172 valence electrons. The summed E-state index contributed by atoms with van der Waals surface area (Å²) < 4.78 is 16.3. The lowest BCUT2D eigenvalue weighted by molar-refractivity contribution is 0.147. The zero-order valence-corrected chi connectivity index (χ0v) is 21.5. The SMILES string of the molecule is CCNC(=NCc1cc(OC)c(OC)cc1OC)NCCN1CCCCC1CC.I. The zero-order valence-electron chi connectivity index (χ0n) is 19.1. The molecule has 0 saturated carbocycles. The van der Waals surface area contributed by atoms with E-state index in [9.17, 15) is 0 Å². The Hall–Kier alpha value is -1.42. The van der Waals surface area contributed by atoms with Gasteiger partial charge in [-0.3, -0.25) is 4.90 Å². The van der Waals surface area contributed by atoms with Crippen LogP contribution in [0.4, 0.5) is 0 Å². The van der Waals surface area contributed by atoms with E-state index in [0.29, 0.717) is 18.0 Å². The first kappa shape index (κ1) is 26.6. The molecule has 0 spiro atoms. The molecule has 0 radical (unpaired) electrons. The molecule has 8 heteroatoms. The number of nitrogens with one attached hydrogen (secondary N) is 2. The number of likely N-dealkylation sites (tertiary alicyclic amines) is 1. The van der Waals surface area contributed by atoms with E-state index in [1.807, 2.05) is 12.1 Å². The van der Waals surface area contributed by atoms with Gasteiger partial charge in [0, 0.05) is 37.3 Å². The Balaban J connectivity index is 0.00000450. The van der Waals surface area contributed by atoms with Crippen LogP contribution in [0.5, 0.6) is 17.2 Å². The molecule has 1 saturated heterocycles. The molecule has 2 rings (SSSR count). The summed E-state index contributed by atoms with van der Waals surface area (Å²) in [6, 6.07) is 4.48. The van der Waals surface area contributed by atoms with Crippen molar-refractivity contribution in [3.63, 3.8) is 0 Å². The van der Waals surface area contributed by atoms with Gasteiger partial charge in [-0.2, -0.15) is 0 Å². The number of aliphatic imine (C=N–C) groups is 1. The molecule has 0 aliphatic carbocycles. The van der Waals surface area contributed by atoms with Crippen LogP contribution in [0.3, 0.4) is 0 Å². The summed E-state index contributed by atoms with van der Waals surface area (Å²) in [6.07, 6.45) is 5.22. The number of piperidine rings is 1. The maximum absolute atomic E-state index is 5.51. The maximum Gasteiger partial charge on any atom is 0.191 e. The van der Waals surface area contributed by atoms with Gasteiger partial charge in [0.05, 0.1) is 27.9 Å². The van der Waals surface area contributed by atoms with E-state index in [-0.39, 0.29) is 24.0 Å². The molecule has 0 amide bonds. The summed E-state index contributed by atoms with van der Waals surface area (Å²) in [5.74, 6) is 2.87. The lowest BCUT2D eigenvalue weighted by Crippen LogP contribution is -2.45. The second-order valence-electron chi connectivity index (χ2n) is 7.23. The Morgan fingerprint density at radius 3 is 2.37 bits per heavy atom. The molecule has 1 fully saturated rings. The average molecular weight is 534 g/mol. The van der Waals surface area contributed by atoms with Crippen LogP contribution in [-0.2, 0) is 6.54 Å². The average Bonchev–Trinajstić information content (AvgIpc) is 2.77. The fourth-order valence-corrected chi connectivity index (χ4v) is 3.86. The summed E-state index contributed by atoms with van der Waals surface area (Å²) >= 11 is 0. The lowest BCUT2D eigenvalue weighted by Gasteiger charge is -2.35. The van der Waals surface area contributed by atoms with Gasteiger partial charge in [0.25, 0.3) is 0 Å². The second kappa shape index (κ2) is 14.6. The molecule has 1 atom stereocenters. The van der Waals surface area contributed by atoms with Crippen molar-refractivity contribution in [2.45, 2.75) is 52.1 Å². The molecule has 1 aromatic carbocycles. The fraction of sp³-hybridized carbons (Fsp3) is 0.682. The number of hydrogen-bond acceptors (Lipinski definition) is 5. The van der Waals surface area contributed by atoms with Gasteiger partial charge in [0.2, 0.25) is 0 Å². The third-order valence-electron chi connectivity index (χ3n) is 5.45. The van der Waals surface area contributed by atoms with Crippen LogP contribution in [0.2, 0.25) is 0 Å². The van der Waals surface area contributed by atoms with Gasteiger partial charge in [-0.15, -0.1) is 24.0 Å². The van der Waals surface area contributed by atoms with Gasteiger partial charge >= 0.3 is 0 Å². The van der Waals surface area contributed by atoms with Gasteiger partial charge in [0.15, 0.2) is 17.5 Å². The molecule has 0 bridgehead atoms. The van der Waals surface area contributed by atoms with Crippen LogP contribution in [0, 0.1) is 0 Å². The first-order chi connectivity index (χ1) is 14.2. The summed E-state index contributed by atoms with van der Waals surface area (Å²) in [5, 5.41) is 6.80. The van der Waals surface area contributed by atoms with Gasteiger partial charge in [0.1, 0.15) is 5.75 Å². The fourth-order valence-electron chi connectivity index (χ4n) is 3.86. The van der Waals surface area contributed by atoms with E-state index in [1.54, 1.807) is 21.3 Å². The third kappa shape index (κ3) is 7.68. The molecule has 2 N–H and O–H groups in total. The second-order valence-corrected chi connectivity index (χ2v) is 7.23. The van der Waals surface area contributed by atoms with E-state index >= 15 is 0 Å². The number of rotatable bonds is 10. The topological polar surface area (TPSA) is 67.4 Å². The van der Waals surface area contributed by atoms with Crippen molar-refractivity contribution >= 4 is 29.9 Å². The van der Waals surface area contributed by atoms with E-state index in [2.05, 4.69) is 29.4 Å². The molecule has 1 heterocycles. The van der Waals surface area contributed by atoms with Gasteiger partial charge in [-0.1, -0.05) is 13.3 Å². The van der Waals surface area contributed by atoms with Crippen molar-refractivity contribution in [1.29, 1.82) is 0 Å². The highest BCUT2D eigenvalue weighted by Crippen LogP contribution is 2.34. The Kier molecular flexibility index (Phi) is 12.9. The van der Waals surface area contributed by atoms with Gasteiger partial charge < -0.3 is 24.8 Å². The quantitative estimate of drug-likeness (QED) is 0.272. The number of halogens is 1. The highest BCUT2D eigenvalue weighted by molar-refractivity contribution is 14.0. The molecular formula is C22H39IN4O3. The summed E-state index contributed by atoms with van der Waals surface area (Å²) in [5.41, 5.74) is 0.949.